The highest BCUT2D eigenvalue weighted by molar-refractivity contribution is 6.66. The number of rotatable bonds is 1. The Morgan fingerprint density at radius 2 is 1.60 bits per heavy atom. The first-order valence-electron chi connectivity index (χ1n) is 6.56. The van der Waals surface area contributed by atoms with Crippen LogP contribution in [0.2, 0.25) is 5.02 Å². The molecule has 0 N–H and O–H groups in total. The lowest BCUT2D eigenvalue weighted by atomic mass is 9.79. The van der Waals surface area contributed by atoms with Crippen LogP contribution in [0.25, 0.3) is 11.0 Å². The maximum Gasteiger partial charge on any atom is 0.496 e. The summed E-state index contributed by atoms with van der Waals surface area (Å²) >= 11 is 6.45. The van der Waals surface area contributed by atoms with Crippen LogP contribution in [-0.4, -0.2) is 28.3 Å². The van der Waals surface area contributed by atoms with E-state index in [4.69, 9.17) is 20.9 Å². The molecule has 0 bridgehead atoms. The van der Waals surface area contributed by atoms with E-state index < -0.39 is 18.3 Å². The molecule has 2 aromatic rings. The Labute approximate surface area is 123 Å². The summed E-state index contributed by atoms with van der Waals surface area (Å²) < 4.78 is 12.0. The van der Waals surface area contributed by atoms with Crippen molar-refractivity contribution >= 4 is 35.2 Å². The molecular formula is C14H16BClN2O2. The molecule has 0 atom stereocenters. The summed E-state index contributed by atoms with van der Waals surface area (Å²) in [7, 11) is -0.487. The van der Waals surface area contributed by atoms with Crippen molar-refractivity contribution in [2.75, 3.05) is 0 Å². The Bertz CT molecular complexity index is 659. The second-order valence-corrected chi connectivity index (χ2v) is 6.36. The minimum absolute atomic E-state index is 0.391. The third-order valence-corrected chi connectivity index (χ3v) is 4.51. The highest BCUT2D eigenvalue weighted by Crippen LogP contribution is 2.37. The summed E-state index contributed by atoms with van der Waals surface area (Å²) in [6.45, 7) is 8.06. The van der Waals surface area contributed by atoms with Crippen molar-refractivity contribution in [3.8, 4) is 0 Å². The first-order valence-corrected chi connectivity index (χ1v) is 6.94. The highest BCUT2D eigenvalue weighted by atomic mass is 35.5. The number of fused-ring (bicyclic) bond motifs is 1. The Kier molecular flexibility index (Phi) is 3.05. The molecular weight excluding hydrogens is 274 g/mol. The molecule has 0 amide bonds. The van der Waals surface area contributed by atoms with Crippen LogP contribution in [0, 0.1) is 0 Å². The van der Waals surface area contributed by atoms with Gasteiger partial charge in [0.2, 0.25) is 0 Å². The molecule has 0 aliphatic carbocycles. The molecule has 0 spiro atoms. The molecule has 1 aliphatic rings. The van der Waals surface area contributed by atoms with Gasteiger partial charge in [0.25, 0.3) is 0 Å². The van der Waals surface area contributed by atoms with Gasteiger partial charge in [0, 0.05) is 17.9 Å². The largest absolute Gasteiger partial charge is 0.496 e. The van der Waals surface area contributed by atoms with Crippen molar-refractivity contribution in [1.29, 1.82) is 0 Å². The lowest BCUT2D eigenvalue weighted by Gasteiger charge is -2.32. The van der Waals surface area contributed by atoms with Crippen molar-refractivity contribution in [1.82, 2.24) is 9.97 Å². The van der Waals surface area contributed by atoms with Crippen molar-refractivity contribution in [2.24, 2.45) is 0 Å². The highest BCUT2D eigenvalue weighted by Gasteiger charge is 2.52. The zero-order valence-electron chi connectivity index (χ0n) is 12.0. The zero-order valence-corrected chi connectivity index (χ0v) is 12.7. The van der Waals surface area contributed by atoms with Crippen molar-refractivity contribution in [3.63, 3.8) is 0 Å². The van der Waals surface area contributed by atoms with Gasteiger partial charge in [0.15, 0.2) is 0 Å². The average molecular weight is 291 g/mol. The van der Waals surface area contributed by atoms with E-state index in [2.05, 4.69) is 9.97 Å². The molecule has 4 nitrogen and oxygen atoms in total. The standard InChI is InChI=1S/C14H16BClN2O2/c1-13(2)14(3,4)20-15(19-13)9-5-6-10-12(11(9)16)18-8-7-17-10/h5-8H,1-4H3. The average Bonchev–Trinajstić information content (AvgIpc) is 2.59. The van der Waals surface area contributed by atoms with Gasteiger partial charge >= 0.3 is 7.12 Å². The van der Waals surface area contributed by atoms with Crippen LogP contribution < -0.4 is 5.46 Å². The molecule has 2 heterocycles. The van der Waals surface area contributed by atoms with Gasteiger partial charge in [-0.2, -0.15) is 0 Å². The molecule has 0 unspecified atom stereocenters. The summed E-state index contributed by atoms with van der Waals surface area (Å²) in [6, 6.07) is 3.77. The Balaban J connectivity index is 2.06. The molecule has 0 saturated carbocycles. The summed E-state index contributed by atoms with van der Waals surface area (Å²) in [5, 5.41) is 0.536. The fourth-order valence-corrected chi connectivity index (χ4v) is 2.47. The minimum atomic E-state index is -0.487. The smallest absolute Gasteiger partial charge is 0.399 e. The maximum absolute atomic E-state index is 6.45. The SMILES string of the molecule is CC1(C)OB(c2ccc3nccnc3c2Cl)OC1(C)C. The van der Waals surface area contributed by atoms with Crippen molar-refractivity contribution in [3.05, 3.63) is 29.5 Å². The number of benzene rings is 1. The topological polar surface area (TPSA) is 44.2 Å². The fraction of sp³-hybridized carbons (Fsp3) is 0.429. The summed E-state index contributed by atoms with van der Waals surface area (Å²) in [5.41, 5.74) is 1.44. The van der Waals surface area contributed by atoms with Gasteiger partial charge in [-0.3, -0.25) is 9.97 Å². The maximum atomic E-state index is 6.45. The number of nitrogens with zero attached hydrogens (tertiary/aromatic N) is 2. The predicted octanol–water partition coefficient (Wildman–Crippen LogP) is 2.58. The van der Waals surface area contributed by atoms with Crippen LogP contribution in [0.1, 0.15) is 27.7 Å². The Hall–Kier alpha value is -1.17. The van der Waals surface area contributed by atoms with Crippen LogP contribution in [0.15, 0.2) is 24.5 Å². The summed E-state index contributed by atoms with van der Waals surface area (Å²) in [4.78, 5) is 8.52. The minimum Gasteiger partial charge on any atom is -0.399 e. The fourth-order valence-electron chi connectivity index (χ4n) is 2.17. The summed E-state index contributed by atoms with van der Waals surface area (Å²) in [6.07, 6.45) is 3.27. The molecule has 3 rings (SSSR count). The molecule has 6 heteroatoms. The van der Waals surface area contributed by atoms with Gasteiger partial charge in [0.05, 0.1) is 21.7 Å². The quantitative estimate of drug-likeness (QED) is 0.757. The van der Waals surface area contributed by atoms with Crippen molar-refractivity contribution < 1.29 is 9.31 Å². The molecule has 1 fully saturated rings. The molecule has 0 radical (unpaired) electrons. The Morgan fingerprint density at radius 1 is 1.00 bits per heavy atom. The van der Waals surface area contributed by atoms with Crippen molar-refractivity contribution in [2.45, 2.75) is 38.9 Å². The van der Waals surface area contributed by atoms with Crippen LogP contribution in [0.4, 0.5) is 0 Å². The van der Waals surface area contributed by atoms with Crippen LogP contribution in [0.3, 0.4) is 0 Å². The van der Waals surface area contributed by atoms with E-state index >= 15 is 0 Å². The first-order chi connectivity index (χ1) is 9.32. The Morgan fingerprint density at radius 3 is 2.25 bits per heavy atom. The summed E-state index contributed by atoms with van der Waals surface area (Å²) in [5.74, 6) is 0. The van der Waals surface area contributed by atoms with Gasteiger partial charge in [-0.1, -0.05) is 17.7 Å². The predicted molar refractivity (Wildman–Crippen MR) is 80.3 cm³/mol. The third kappa shape index (κ3) is 2.01. The number of aromatic nitrogens is 2. The van der Waals surface area contributed by atoms with E-state index in [1.54, 1.807) is 12.4 Å². The van der Waals surface area contributed by atoms with Crippen LogP contribution >= 0.6 is 11.6 Å². The molecule has 20 heavy (non-hydrogen) atoms. The van der Waals surface area contributed by atoms with E-state index in [0.717, 1.165) is 11.0 Å². The van der Waals surface area contributed by atoms with Gasteiger partial charge in [0.1, 0.15) is 5.52 Å². The normalized spacial score (nSPS) is 20.6. The molecule has 1 aromatic carbocycles. The van der Waals surface area contributed by atoms with E-state index in [1.807, 2.05) is 39.8 Å². The second kappa shape index (κ2) is 4.42. The van der Waals surface area contributed by atoms with Gasteiger partial charge in [-0.25, -0.2) is 0 Å². The van der Waals surface area contributed by atoms with Crippen LogP contribution in [-0.2, 0) is 9.31 Å². The lowest BCUT2D eigenvalue weighted by molar-refractivity contribution is 0.00578. The van der Waals surface area contributed by atoms with E-state index in [-0.39, 0.29) is 0 Å². The lowest BCUT2D eigenvalue weighted by Crippen LogP contribution is -2.41. The third-order valence-electron chi connectivity index (χ3n) is 4.12. The van der Waals surface area contributed by atoms with Gasteiger partial charge in [-0.05, 0) is 33.8 Å². The number of hydrogen-bond donors (Lipinski definition) is 0. The molecule has 1 aromatic heterocycles. The zero-order chi connectivity index (χ0) is 14.5. The monoisotopic (exact) mass is 290 g/mol. The van der Waals surface area contributed by atoms with E-state index in [1.165, 1.54) is 0 Å². The van der Waals surface area contributed by atoms with E-state index in [0.29, 0.717) is 10.5 Å². The molecule has 104 valence electrons. The molecule has 1 saturated heterocycles. The van der Waals surface area contributed by atoms with E-state index in [9.17, 15) is 0 Å². The first kappa shape index (κ1) is 13.8. The molecule has 1 aliphatic heterocycles. The van der Waals surface area contributed by atoms with Gasteiger partial charge in [-0.15, -0.1) is 0 Å². The van der Waals surface area contributed by atoms with Gasteiger partial charge < -0.3 is 9.31 Å². The second-order valence-electron chi connectivity index (χ2n) is 5.98. The van der Waals surface area contributed by atoms with Crippen LogP contribution in [0.5, 0.6) is 0 Å². The number of halogens is 1. The number of hydrogen-bond acceptors (Lipinski definition) is 4.